The maximum absolute atomic E-state index is 13.1. The normalized spacial score (nSPS) is 16.6. The van der Waals surface area contributed by atoms with E-state index in [9.17, 15) is 15.0 Å². The van der Waals surface area contributed by atoms with E-state index in [0.717, 1.165) is 43.2 Å². The average molecular weight is 523 g/mol. The fourth-order valence-corrected chi connectivity index (χ4v) is 5.98. The summed E-state index contributed by atoms with van der Waals surface area (Å²) in [5, 5.41) is 22.8. The highest BCUT2D eigenvalue weighted by atomic mass is 16.6. The standard InChI is InChI=1S/C34H50O4/c1-4-6-7-8-9-10-11-12-13-14-15-16-17-21-25-29-28(22-5-2)31(35)26(3)30-32(29)38-33(36)34(30,37)27-23-19-18-20-24-27/h18-20,23-24,35,37H,4-17,21-22,25H2,1-3H3. The molecule has 0 saturated heterocycles. The fourth-order valence-electron chi connectivity index (χ4n) is 5.98. The molecule has 2 aromatic carbocycles. The SMILES string of the molecule is CCCCCCCCCCCCCCCCc1c(CCC)c(O)c(C)c2c1OC(=O)C2(O)c1ccccc1. The van der Waals surface area contributed by atoms with E-state index in [4.69, 9.17) is 4.74 Å². The van der Waals surface area contributed by atoms with Crippen molar-refractivity contribution in [2.45, 2.75) is 136 Å². The van der Waals surface area contributed by atoms with Crippen molar-refractivity contribution >= 4 is 5.97 Å². The van der Waals surface area contributed by atoms with E-state index in [1.54, 1.807) is 31.2 Å². The molecule has 0 amide bonds. The number of carbonyl (C=O) groups is 1. The van der Waals surface area contributed by atoms with Crippen LogP contribution in [0.1, 0.15) is 138 Å². The lowest BCUT2D eigenvalue weighted by Crippen LogP contribution is -2.35. The summed E-state index contributed by atoms with van der Waals surface area (Å²) in [4.78, 5) is 13.1. The van der Waals surface area contributed by atoms with Gasteiger partial charge in [-0.15, -0.1) is 0 Å². The lowest BCUT2D eigenvalue weighted by molar-refractivity contribution is -0.147. The molecule has 0 bridgehead atoms. The molecular formula is C34H50O4. The van der Waals surface area contributed by atoms with Crippen molar-refractivity contribution in [3.05, 3.63) is 58.1 Å². The number of aromatic hydroxyl groups is 1. The lowest BCUT2D eigenvalue weighted by Gasteiger charge is -2.23. The molecule has 2 N–H and O–H groups in total. The first kappa shape index (κ1) is 30.2. The highest BCUT2D eigenvalue weighted by molar-refractivity contribution is 5.94. The van der Waals surface area contributed by atoms with Gasteiger partial charge in [0.2, 0.25) is 5.60 Å². The molecule has 2 aromatic rings. The minimum Gasteiger partial charge on any atom is -0.507 e. The van der Waals surface area contributed by atoms with Crippen LogP contribution in [0.25, 0.3) is 0 Å². The van der Waals surface area contributed by atoms with E-state index in [2.05, 4.69) is 13.8 Å². The summed E-state index contributed by atoms with van der Waals surface area (Å²) in [5.74, 6) is -0.0227. The van der Waals surface area contributed by atoms with Crippen LogP contribution in [-0.2, 0) is 23.2 Å². The molecule has 0 aromatic heterocycles. The number of phenols is 1. The molecule has 0 fully saturated rings. The highest BCUT2D eigenvalue weighted by Crippen LogP contribution is 2.51. The Kier molecular flexibility index (Phi) is 12.2. The van der Waals surface area contributed by atoms with Crippen LogP contribution in [0.15, 0.2) is 30.3 Å². The molecule has 1 heterocycles. The largest absolute Gasteiger partial charge is 0.507 e. The number of hydrogen-bond donors (Lipinski definition) is 2. The van der Waals surface area contributed by atoms with Crippen LogP contribution in [0.5, 0.6) is 11.5 Å². The second-order valence-corrected chi connectivity index (χ2v) is 11.2. The topological polar surface area (TPSA) is 66.8 Å². The Morgan fingerprint density at radius 3 is 1.76 bits per heavy atom. The van der Waals surface area contributed by atoms with Gasteiger partial charge in [-0.25, -0.2) is 4.79 Å². The summed E-state index contributed by atoms with van der Waals surface area (Å²) in [5.41, 5.74) is 1.27. The number of aliphatic hydroxyl groups is 1. The average Bonchev–Trinajstić information content (AvgIpc) is 3.20. The predicted octanol–water partition coefficient (Wildman–Crippen LogP) is 8.83. The summed E-state index contributed by atoms with van der Waals surface area (Å²) in [6.07, 6.45) is 20.6. The summed E-state index contributed by atoms with van der Waals surface area (Å²) in [6.45, 7) is 6.13. The number of ether oxygens (including phenoxy) is 1. The summed E-state index contributed by atoms with van der Waals surface area (Å²) in [7, 11) is 0. The third-order valence-corrected chi connectivity index (χ3v) is 8.21. The van der Waals surface area contributed by atoms with E-state index < -0.39 is 11.6 Å². The Morgan fingerprint density at radius 2 is 1.24 bits per heavy atom. The molecule has 1 aliphatic heterocycles. The van der Waals surface area contributed by atoms with Gasteiger partial charge in [-0.05, 0) is 31.7 Å². The molecule has 1 aliphatic rings. The van der Waals surface area contributed by atoms with Crippen molar-refractivity contribution in [3.8, 4) is 11.5 Å². The van der Waals surface area contributed by atoms with E-state index in [-0.39, 0.29) is 5.75 Å². The Morgan fingerprint density at radius 1 is 0.711 bits per heavy atom. The van der Waals surface area contributed by atoms with Crippen molar-refractivity contribution in [2.24, 2.45) is 0 Å². The van der Waals surface area contributed by atoms with Gasteiger partial charge in [0, 0.05) is 22.3 Å². The van der Waals surface area contributed by atoms with Crippen molar-refractivity contribution in [1.82, 2.24) is 0 Å². The third kappa shape index (κ3) is 7.20. The number of phenolic OH excluding ortho intramolecular Hbond substituents is 1. The molecule has 38 heavy (non-hydrogen) atoms. The second kappa shape index (κ2) is 15.3. The van der Waals surface area contributed by atoms with E-state index in [1.165, 1.54) is 77.0 Å². The quantitative estimate of drug-likeness (QED) is 0.117. The van der Waals surface area contributed by atoms with Crippen LogP contribution in [0.2, 0.25) is 0 Å². The molecule has 4 heteroatoms. The fraction of sp³-hybridized carbons (Fsp3) is 0.618. The summed E-state index contributed by atoms with van der Waals surface area (Å²) in [6, 6.07) is 8.92. The zero-order valence-corrected chi connectivity index (χ0v) is 24.1. The number of unbranched alkanes of at least 4 members (excludes halogenated alkanes) is 13. The summed E-state index contributed by atoms with van der Waals surface area (Å²) < 4.78 is 5.80. The number of benzene rings is 2. The molecule has 3 rings (SSSR count). The van der Waals surface area contributed by atoms with E-state index in [1.807, 2.05) is 6.07 Å². The highest BCUT2D eigenvalue weighted by Gasteiger charge is 2.52. The molecule has 0 saturated carbocycles. The van der Waals surface area contributed by atoms with Crippen molar-refractivity contribution < 1.29 is 19.7 Å². The predicted molar refractivity (Wildman–Crippen MR) is 156 cm³/mol. The number of hydrogen-bond acceptors (Lipinski definition) is 4. The maximum atomic E-state index is 13.1. The van der Waals surface area contributed by atoms with Gasteiger partial charge in [-0.3, -0.25) is 0 Å². The van der Waals surface area contributed by atoms with Gasteiger partial charge in [0.25, 0.3) is 0 Å². The van der Waals surface area contributed by atoms with Gasteiger partial charge >= 0.3 is 5.97 Å². The summed E-state index contributed by atoms with van der Waals surface area (Å²) >= 11 is 0. The molecular weight excluding hydrogens is 472 g/mol. The molecule has 0 radical (unpaired) electrons. The van der Waals surface area contributed by atoms with Gasteiger partial charge in [0.1, 0.15) is 11.5 Å². The first-order chi connectivity index (χ1) is 18.5. The third-order valence-electron chi connectivity index (χ3n) is 8.21. The molecule has 210 valence electrons. The van der Waals surface area contributed by atoms with Crippen molar-refractivity contribution in [3.63, 3.8) is 0 Å². The number of fused-ring (bicyclic) bond motifs is 1. The minimum absolute atomic E-state index is 0.193. The Labute approximate surface area is 230 Å². The van der Waals surface area contributed by atoms with Gasteiger partial charge in [0.05, 0.1) is 0 Å². The van der Waals surface area contributed by atoms with Gasteiger partial charge in [-0.1, -0.05) is 134 Å². The number of rotatable bonds is 18. The molecule has 0 spiro atoms. The zero-order chi connectivity index (χ0) is 27.4. The lowest BCUT2D eigenvalue weighted by atomic mass is 9.81. The van der Waals surface area contributed by atoms with Crippen LogP contribution >= 0.6 is 0 Å². The van der Waals surface area contributed by atoms with Crippen LogP contribution in [0.3, 0.4) is 0 Å². The first-order valence-electron chi connectivity index (χ1n) is 15.3. The van der Waals surface area contributed by atoms with E-state index in [0.29, 0.717) is 22.4 Å². The van der Waals surface area contributed by atoms with Crippen LogP contribution < -0.4 is 4.74 Å². The Bertz CT molecular complexity index is 1010. The van der Waals surface area contributed by atoms with Crippen molar-refractivity contribution in [1.29, 1.82) is 0 Å². The minimum atomic E-state index is -1.90. The van der Waals surface area contributed by atoms with Crippen LogP contribution in [-0.4, -0.2) is 16.2 Å². The second-order valence-electron chi connectivity index (χ2n) is 11.2. The monoisotopic (exact) mass is 522 g/mol. The van der Waals surface area contributed by atoms with Gasteiger partial charge < -0.3 is 14.9 Å². The van der Waals surface area contributed by atoms with E-state index >= 15 is 0 Å². The number of carbonyl (C=O) groups excluding carboxylic acids is 1. The van der Waals surface area contributed by atoms with Gasteiger partial charge in [-0.2, -0.15) is 0 Å². The smallest absolute Gasteiger partial charge is 0.353 e. The van der Waals surface area contributed by atoms with Crippen molar-refractivity contribution in [2.75, 3.05) is 0 Å². The van der Waals surface area contributed by atoms with Crippen LogP contribution in [0, 0.1) is 6.92 Å². The first-order valence-corrected chi connectivity index (χ1v) is 15.3. The maximum Gasteiger partial charge on any atom is 0.353 e. The number of esters is 1. The Hall–Kier alpha value is -2.33. The molecule has 1 unspecified atom stereocenters. The molecule has 4 nitrogen and oxygen atoms in total. The molecule has 0 aliphatic carbocycles. The molecule has 1 atom stereocenters. The van der Waals surface area contributed by atoms with Crippen LogP contribution in [0.4, 0.5) is 0 Å². The Balaban J connectivity index is 1.56. The zero-order valence-electron chi connectivity index (χ0n) is 24.1. The van der Waals surface area contributed by atoms with Gasteiger partial charge in [0.15, 0.2) is 0 Å².